The summed E-state index contributed by atoms with van der Waals surface area (Å²) >= 11 is 0. The summed E-state index contributed by atoms with van der Waals surface area (Å²) in [6, 6.07) is 0.415. The summed E-state index contributed by atoms with van der Waals surface area (Å²) < 4.78 is 5.36. The van der Waals surface area contributed by atoms with E-state index >= 15 is 0 Å². The van der Waals surface area contributed by atoms with E-state index in [0.717, 1.165) is 19.4 Å². The molecule has 4 nitrogen and oxygen atoms in total. The highest BCUT2D eigenvalue weighted by Crippen LogP contribution is 2.33. The van der Waals surface area contributed by atoms with Gasteiger partial charge >= 0.3 is 0 Å². The van der Waals surface area contributed by atoms with Gasteiger partial charge in [0.25, 0.3) is 5.91 Å². The highest BCUT2D eigenvalue weighted by atomic mass is 35.5. The second kappa shape index (κ2) is 5.68. The Morgan fingerprint density at radius 1 is 1.60 bits per heavy atom. The largest absolute Gasteiger partial charge is 0.366 e. The molecule has 0 bridgehead atoms. The molecule has 2 rings (SSSR count). The first-order valence-corrected chi connectivity index (χ1v) is 5.44. The molecule has 5 heteroatoms. The zero-order valence-corrected chi connectivity index (χ0v) is 9.81. The molecular weight excluding hydrogens is 216 g/mol. The number of amides is 1. The predicted octanol–water partition coefficient (Wildman–Crippen LogP) is 0.311. The molecule has 0 spiro atoms. The van der Waals surface area contributed by atoms with Crippen LogP contribution in [0.1, 0.15) is 19.8 Å². The van der Waals surface area contributed by atoms with Crippen molar-refractivity contribution in [2.75, 3.05) is 19.7 Å². The molecule has 3 atom stereocenters. The summed E-state index contributed by atoms with van der Waals surface area (Å²) in [4.78, 5) is 11.6. The van der Waals surface area contributed by atoms with Crippen LogP contribution in [-0.2, 0) is 9.53 Å². The van der Waals surface area contributed by atoms with Gasteiger partial charge in [-0.2, -0.15) is 0 Å². The van der Waals surface area contributed by atoms with Gasteiger partial charge in [0, 0.05) is 19.1 Å². The minimum absolute atomic E-state index is 0. The van der Waals surface area contributed by atoms with E-state index in [2.05, 4.69) is 17.6 Å². The van der Waals surface area contributed by atoms with E-state index < -0.39 is 0 Å². The van der Waals surface area contributed by atoms with Crippen LogP contribution in [-0.4, -0.2) is 37.7 Å². The first-order chi connectivity index (χ1) is 6.81. The van der Waals surface area contributed by atoms with Gasteiger partial charge in [0.2, 0.25) is 0 Å². The van der Waals surface area contributed by atoms with Crippen LogP contribution in [0.5, 0.6) is 0 Å². The van der Waals surface area contributed by atoms with Crippen molar-refractivity contribution >= 4 is 18.3 Å². The van der Waals surface area contributed by atoms with Crippen molar-refractivity contribution in [3.63, 3.8) is 0 Å². The van der Waals surface area contributed by atoms with Gasteiger partial charge in [-0.1, -0.05) is 13.3 Å². The van der Waals surface area contributed by atoms with Crippen molar-refractivity contribution in [3.05, 3.63) is 0 Å². The summed E-state index contributed by atoms with van der Waals surface area (Å²) in [6.07, 6.45) is 2.03. The zero-order valence-electron chi connectivity index (χ0n) is 8.99. The van der Waals surface area contributed by atoms with Gasteiger partial charge in [0.1, 0.15) is 6.10 Å². The lowest BCUT2D eigenvalue weighted by Gasteiger charge is -2.22. The standard InChI is InChI=1S/C10H18N2O2.ClH/c1-2-7-5-8(7)12-10(13)9-6-11-3-4-14-9;/h7-9,11H,2-6H2,1H3,(H,12,13);1H/t7?,8?,9-;/m1./s1. The van der Waals surface area contributed by atoms with Crippen molar-refractivity contribution in [2.45, 2.75) is 31.9 Å². The maximum Gasteiger partial charge on any atom is 0.250 e. The molecule has 2 aliphatic rings. The van der Waals surface area contributed by atoms with Crippen LogP contribution < -0.4 is 10.6 Å². The number of hydrogen-bond donors (Lipinski definition) is 2. The van der Waals surface area contributed by atoms with Crippen LogP contribution in [0.2, 0.25) is 0 Å². The van der Waals surface area contributed by atoms with Gasteiger partial charge < -0.3 is 15.4 Å². The second-order valence-corrected chi connectivity index (χ2v) is 4.08. The first kappa shape index (κ1) is 12.7. The van der Waals surface area contributed by atoms with E-state index in [9.17, 15) is 4.79 Å². The topological polar surface area (TPSA) is 50.4 Å². The normalized spacial score (nSPS) is 34.1. The zero-order chi connectivity index (χ0) is 9.97. The van der Waals surface area contributed by atoms with Crippen molar-refractivity contribution in [3.8, 4) is 0 Å². The maximum absolute atomic E-state index is 11.6. The Morgan fingerprint density at radius 2 is 2.40 bits per heavy atom. The molecule has 1 amide bonds. The summed E-state index contributed by atoms with van der Waals surface area (Å²) in [7, 11) is 0. The minimum atomic E-state index is -0.276. The fraction of sp³-hybridized carbons (Fsp3) is 0.900. The average molecular weight is 235 g/mol. The molecule has 0 aromatic heterocycles. The number of morpholine rings is 1. The van der Waals surface area contributed by atoms with Gasteiger partial charge in [0.05, 0.1) is 6.61 Å². The molecule has 0 aromatic rings. The average Bonchev–Trinajstić information content (AvgIpc) is 2.98. The SMILES string of the molecule is CCC1CC1NC(=O)[C@H]1CNCCO1.Cl. The van der Waals surface area contributed by atoms with Crippen LogP contribution in [0.15, 0.2) is 0 Å². The third-order valence-electron chi connectivity index (χ3n) is 2.99. The van der Waals surface area contributed by atoms with Crippen molar-refractivity contribution in [1.82, 2.24) is 10.6 Å². The van der Waals surface area contributed by atoms with Crippen LogP contribution in [0, 0.1) is 5.92 Å². The molecular formula is C10H19ClN2O2. The third kappa shape index (κ3) is 3.33. The van der Waals surface area contributed by atoms with Crippen molar-refractivity contribution in [1.29, 1.82) is 0 Å². The lowest BCUT2D eigenvalue weighted by molar-refractivity contribution is -0.134. The van der Waals surface area contributed by atoms with Crippen LogP contribution in [0.4, 0.5) is 0 Å². The summed E-state index contributed by atoms with van der Waals surface area (Å²) in [5.41, 5.74) is 0. The number of hydrogen-bond acceptors (Lipinski definition) is 3. The van der Waals surface area contributed by atoms with Crippen LogP contribution in [0.3, 0.4) is 0 Å². The van der Waals surface area contributed by atoms with E-state index in [1.165, 1.54) is 0 Å². The first-order valence-electron chi connectivity index (χ1n) is 5.44. The third-order valence-corrected chi connectivity index (χ3v) is 2.99. The molecule has 1 aliphatic carbocycles. The smallest absolute Gasteiger partial charge is 0.250 e. The number of carbonyl (C=O) groups excluding carboxylic acids is 1. The Kier molecular flexibility index (Phi) is 4.83. The monoisotopic (exact) mass is 234 g/mol. The predicted molar refractivity (Wildman–Crippen MR) is 60.2 cm³/mol. The van der Waals surface area contributed by atoms with Gasteiger partial charge in [-0.25, -0.2) is 0 Å². The molecule has 2 fully saturated rings. The molecule has 1 heterocycles. The molecule has 2 unspecified atom stereocenters. The summed E-state index contributed by atoms with van der Waals surface area (Å²) in [5.74, 6) is 0.758. The number of rotatable bonds is 3. The molecule has 1 saturated carbocycles. The second-order valence-electron chi connectivity index (χ2n) is 4.08. The molecule has 0 aromatic carbocycles. The van der Waals surface area contributed by atoms with E-state index in [0.29, 0.717) is 25.1 Å². The number of ether oxygens (including phenoxy) is 1. The van der Waals surface area contributed by atoms with E-state index in [1.54, 1.807) is 0 Å². The maximum atomic E-state index is 11.6. The molecule has 1 aliphatic heterocycles. The fourth-order valence-corrected chi connectivity index (χ4v) is 1.89. The lowest BCUT2D eigenvalue weighted by atomic mass is 10.2. The Morgan fingerprint density at radius 3 is 2.93 bits per heavy atom. The van der Waals surface area contributed by atoms with Crippen molar-refractivity contribution < 1.29 is 9.53 Å². The van der Waals surface area contributed by atoms with Crippen molar-refractivity contribution in [2.24, 2.45) is 5.92 Å². The number of halogens is 1. The molecule has 15 heavy (non-hydrogen) atoms. The van der Waals surface area contributed by atoms with E-state index in [-0.39, 0.29) is 24.4 Å². The molecule has 1 saturated heterocycles. The Hall–Kier alpha value is -0.320. The Bertz CT molecular complexity index is 219. The highest BCUT2D eigenvalue weighted by molar-refractivity contribution is 5.85. The lowest BCUT2D eigenvalue weighted by Crippen LogP contribution is -2.48. The van der Waals surface area contributed by atoms with Gasteiger partial charge in [-0.3, -0.25) is 4.79 Å². The number of carbonyl (C=O) groups is 1. The van der Waals surface area contributed by atoms with Gasteiger partial charge in [0.15, 0.2) is 0 Å². The fourth-order valence-electron chi connectivity index (χ4n) is 1.89. The highest BCUT2D eigenvalue weighted by Gasteiger charge is 2.38. The van der Waals surface area contributed by atoms with E-state index in [4.69, 9.17) is 4.74 Å². The Labute approximate surface area is 96.5 Å². The Balaban J connectivity index is 0.00000112. The summed E-state index contributed by atoms with van der Waals surface area (Å²) in [6.45, 7) is 4.30. The van der Waals surface area contributed by atoms with Crippen LogP contribution in [0.25, 0.3) is 0 Å². The summed E-state index contributed by atoms with van der Waals surface area (Å²) in [5, 5.41) is 6.17. The van der Waals surface area contributed by atoms with Gasteiger partial charge in [-0.15, -0.1) is 12.4 Å². The number of nitrogens with one attached hydrogen (secondary N) is 2. The quantitative estimate of drug-likeness (QED) is 0.739. The van der Waals surface area contributed by atoms with Gasteiger partial charge in [-0.05, 0) is 12.3 Å². The van der Waals surface area contributed by atoms with E-state index in [1.807, 2.05) is 0 Å². The molecule has 2 N–H and O–H groups in total. The molecule has 88 valence electrons. The van der Waals surface area contributed by atoms with Crippen LogP contribution >= 0.6 is 12.4 Å². The molecule has 0 radical (unpaired) electrons. The minimum Gasteiger partial charge on any atom is -0.366 e.